The van der Waals surface area contributed by atoms with E-state index in [9.17, 15) is 13.5 Å². The fraction of sp³-hybridized carbons (Fsp3) is 0.480. The van der Waals surface area contributed by atoms with E-state index in [0.717, 1.165) is 12.8 Å². The molecule has 0 heterocycles. The van der Waals surface area contributed by atoms with Gasteiger partial charge in [-0.05, 0) is 36.2 Å². The third-order valence-corrected chi connectivity index (χ3v) is 6.37. The van der Waals surface area contributed by atoms with E-state index in [1.54, 1.807) is 42.5 Å². The van der Waals surface area contributed by atoms with Gasteiger partial charge in [-0.25, -0.2) is 0 Å². The summed E-state index contributed by atoms with van der Waals surface area (Å²) in [6.07, 6.45) is 12.6. The maximum absolute atomic E-state index is 12.3. The van der Waals surface area contributed by atoms with Crippen LogP contribution >= 0.6 is 0 Å². The Bertz CT molecular complexity index is 895. The van der Waals surface area contributed by atoms with Crippen LogP contribution in [0.5, 0.6) is 5.75 Å². The van der Waals surface area contributed by atoms with Gasteiger partial charge in [-0.3, -0.25) is 0 Å². The molecule has 0 atom stereocenters. The Morgan fingerprint density at radius 2 is 1.45 bits per heavy atom. The first kappa shape index (κ1) is 24.9. The molecule has 0 aliphatic carbocycles. The summed E-state index contributed by atoms with van der Waals surface area (Å²) < 4.78 is 33.7. The molecule has 31 heavy (non-hydrogen) atoms. The number of unbranched alkanes of at least 4 members (excludes halogenated alkanes) is 9. The zero-order chi connectivity index (χ0) is 22.4. The van der Waals surface area contributed by atoms with E-state index in [0.29, 0.717) is 12.4 Å². The van der Waals surface area contributed by atoms with Crippen molar-refractivity contribution < 1.29 is 18.3 Å². The molecular weight excluding hydrogens is 410 g/mol. The number of ether oxygens (including phenoxy) is 1. The predicted molar refractivity (Wildman–Crippen MR) is 124 cm³/mol. The first-order valence-corrected chi connectivity index (χ1v) is 12.8. The molecule has 2 aromatic rings. The highest BCUT2D eigenvalue weighted by Gasteiger charge is 2.11. The Balaban J connectivity index is 1.74. The first-order chi connectivity index (χ1) is 15.0. The standard InChI is InChI=1S/C25H35NO4S/c1-2-3-4-5-6-7-8-9-10-14-20-30-23-17-15-16-22(21-23)25(27)26-31(28,29)24-18-12-11-13-19-24/h11-13,15-19,21H,2-10,14,20H2,1H3,(H,26,27)/p-1. The van der Waals surface area contributed by atoms with Crippen LogP contribution in [-0.2, 0) is 10.0 Å². The molecule has 0 radical (unpaired) electrons. The minimum Gasteiger partial charge on any atom is -0.858 e. The normalized spacial score (nSPS) is 12.1. The molecule has 2 aromatic carbocycles. The van der Waals surface area contributed by atoms with E-state index in [4.69, 9.17) is 4.74 Å². The highest BCUT2D eigenvalue weighted by atomic mass is 32.2. The molecule has 0 aliphatic heterocycles. The van der Waals surface area contributed by atoms with Crippen molar-refractivity contribution in [2.45, 2.75) is 76.0 Å². The van der Waals surface area contributed by atoms with E-state index in [1.165, 1.54) is 63.5 Å². The van der Waals surface area contributed by atoms with E-state index in [2.05, 4.69) is 11.3 Å². The molecule has 5 nitrogen and oxygen atoms in total. The smallest absolute Gasteiger partial charge is 0.281 e. The molecule has 0 amide bonds. The van der Waals surface area contributed by atoms with Crippen molar-refractivity contribution in [1.29, 1.82) is 0 Å². The number of nitrogens with zero attached hydrogens (tertiary/aromatic N) is 1. The van der Waals surface area contributed by atoms with Crippen molar-refractivity contribution in [3.63, 3.8) is 0 Å². The molecule has 0 N–H and O–H groups in total. The van der Waals surface area contributed by atoms with Crippen LogP contribution in [0, 0.1) is 0 Å². The fourth-order valence-electron chi connectivity index (χ4n) is 3.31. The van der Waals surface area contributed by atoms with E-state index in [-0.39, 0.29) is 10.5 Å². The highest BCUT2D eigenvalue weighted by molar-refractivity contribution is 7.90. The van der Waals surface area contributed by atoms with Crippen LogP contribution in [0.3, 0.4) is 0 Å². The summed E-state index contributed by atoms with van der Waals surface area (Å²) in [4.78, 5) is -0.00304. The number of sulfonamides is 1. The third kappa shape index (κ3) is 9.55. The number of rotatable bonds is 15. The Morgan fingerprint density at radius 3 is 2.10 bits per heavy atom. The summed E-state index contributed by atoms with van der Waals surface area (Å²) in [7, 11) is -4.02. The van der Waals surface area contributed by atoms with Gasteiger partial charge in [-0.1, -0.05) is 95.0 Å². The first-order valence-electron chi connectivity index (χ1n) is 11.3. The average molecular weight is 445 g/mol. The van der Waals surface area contributed by atoms with E-state index >= 15 is 0 Å². The van der Waals surface area contributed by atoms with Crippen molar-refractivity contribution in [2.75, 3.05) is 6.61 Å². The van der Waals surface area contributed by atoms with E-state index in [1.807, 2.05) is 0 Å². The van der Waals surface area contributed by atoms with Crippen LogP contribution in [0.4, 0.5) is 0 Å². The minimum atomic E-state index is -4.02. The number of hydrogen-bond donors (Lipinski definition) is 0. The van der Waals surface area contributed by atoms with Gasteiger partial charge in [0.05, 0.1) is 11.5 Å². The second-order valence-electron chi connectivity index (χ2n) is 7.74. The van der Waals surface area contributed by atoms with Crippen LogP contribution in [0.1, 0.15) is 76.7 Å². The molecule has 0 bridgehead atoms. The largest absolute Gasteiger partial charge is 0.858 e. The monoisotopic (exact) mass is 444 g/mol. The van der Waals surface area contributed by atoms with Gasteiger partial charge in [0.1, 0.15) is 5.75 Å². The van der Waals surface area contributed by atoms with E-state index < -0.39 is 15.9 Å². The molecule has 0 aromatic heterocycles. The van der Waals surface area contributed by atoms with Gasteiger partial charge in [-0.2, -0.15) is 12.8 Å². The molecule has 0 spiro atoms. The van der Waals surface area contributed by atoms with Gasteiger partial charge in [0.25, 0.3) is 10.0 Å². The Morgan fingerprint density at radius 1 is 0.839 bits per heavy atom. The summed E-state index contributed by atoms with van der Waals surface area (Å²) in [6, 6.07) is 14.2. The molecule has 170 valence electrons. The Labute approximate surface area is 187 Å². The fourth-order valence-corrected chi connectivity index (χ4v) is 4.24. The van der Waals surface area contributed by atoms with Crippen LogP contribution < -0.4 is 9.84 Å². The summed E-state index contributed by atoms with van der Waals surface area (Å²) in [5.41, 5.74) is 0.195. The van der Waals surface area contributed by atoms with Crippen molar-refractivity contribution in [3.8, 4) is 5.75 Å². The number of hydrogen-bond acceptors (Lipinski definition) is 4. The maximum Gasteiger partial charge on any atom is 0.281 e. The molecule has 0 fully saturated rings. The quantitative estimate of drug-likeness (QED) is 0.207. The second-order valence-corrected chi connectivity index (χ2v) is 9.35. The van der Waals surface area contributed by atoms with Crippen LogP contribution in [0.25, 0.3) is 0 Å². The summed E-state index contributed by atoms with van der Waals surface area (Å²) in [6.45, 7) is 2.82. The second kappa shape index (κ2) is 13.9. The summed E-state index contributed by atoms with van der Waals surface area (Å²) in [5.74, 6) is -0.248. The lowest BCUT2D eigenvalue weighted by atomic mass is 10.1. The molecule has 6 heteroatoms. The lowest BCUT2D eigenvalue weighted by Crippen LogP contribution is -2.21. The summed E-state index contributed by atoms with van der Waals surface area (Å²) >= 11 is 0. The Kier molecular flexibility index (Phi) is 11.1. The molecule has 2 rings (SSSR count). The van der Waals surface area contributed by atoms with Gasteiger partial charge in [0.15, 0.2) is 0 Å². The number of benzene rings is 2. The SMILES string of the molecule is CCCCCCCCCCCCOc1cccc(/C([O-])=N/S(=O)(=O)c2ccccc2)c1. The maximum atomic E-state index is 12.3. The van der Waals surface area contributed by atoms with Crippen molar-refractivity contribution in [1.82, 2.24) is 0 Å². The molecule has 0 saturated heterocycles. The van der Waals surface area contributed by atoms with Gasteiger partial charge >= 0.3 is 0 Å². The summed E-state index contributed by atoms with van der Waals surface area (Å²) in [5, 5.41) is 12.3. The minimum absolute atomic E-state index is 0.00304. The van der Waals surface area contributed by atoms with Crippen LogP contribution in [0.2, 0.25) is 0 Å². The van der Waals surface area contributed by atoms with Crippen molar-refractivity contribution in [2.24, 2.45) is 4.40 Å². The lowest BCUT2D eigenvalue weighted by molar-refractivity contribution is -0.212. The Hall–Kier alpha value is -2.34. The topological polar surface area (TPSA) is 78.8 Å². The molecule has 0 unspecified atom stereocenters. The molecule has 0 saturated carbocycles. The average Bonchev–Trinajstić information content (AvgIpc) is 2.78. The zero-order valence-corrected chi connectivity index (χ0v) is 19.3. The van der Waals surface area contributed by atoms with Gasteiger partial charge in [0, 0.05) is 5.90 Å². The molecule has 0 aliphatic rings. The van der Waals surface area contributed by atoms with Gasteiger partial charge < -0.3 is 9.84 Å². The molecular formula is C25H34NO4S-. The predicted octanol–water partition coefficient (Wildman–Crippen LogP) is 5.48. The highest BCUT2D eigenvalue weighted by Crippen LogP contribution is 2.17. The van der Waals surface area contributed by atoms with Gasteiger partial charge in [-0.15, -0.1) is 0 Å². The zero-order valence-electron chi connectivity index (χ0n) is 18.5. The van der Waals surface area contributed by atoms with Crippen molar-refractivity contribution in [3.05, 3.63) is 60.2 Å². The van der Waals surface area contributed by atoms with Gasteiger partial charge in [0.2, 0.25) is 0 Å². The third-order valence-electron chi connectivity index (χ3n) is 5.09. The van der Waals surface area contributed by atoms with Crippen LogP contribution in [0.15, 0.2) is 63.9 Å². The van der Waals surface area contributed by atoms with Crippen LogP contribution in [-0.4, -0.2) is 20.9 Å². The lowest BCUT2D eigenvalue weighted by Gasteiger charge is -2.13. The van der Waals surface area contributed by atoms with Crippen molar-refractivity contribution >= 4 is 15.9 Å².